The van der Waals surface area contributed by atoms with Gasteiger partial charge < -0.3 is 26.2 Å². The van der Waals surface area contributed by atoms with E-state index in [9.17, 15) is 20.4 Å². The maximum atomic E-state index is 10.0. The van der Waals surface area contributed by atoms with Crippen molar-refractivity contribution in [3.8, 4) is 0 Å². The van der Waals surface area contributed by atoms with Crippen LogP contribution < -0.4 is 5.73 Å². The molecule has 0 aliphatic heterocycles. The molecule has 0 amide bonds. The minimum atomic E-state index is -2.21. The van der Waals surface area contributed by atoms with Gasteiger partial charge in [-0.15, -0.1) is 12.4 Å². The van der Waals surface area contributed by atoms with Crippen LogP contribution in [0.2, 0.25) is 0 Å². The SMILES string of the molecule is CCC(O)(CO)C(O)(O)CCCCCCCCCCCCCCCCCCN.Cl. The lowest BCUT2D eigenvalue weighted by Crippen LogP contribution is -2.56. The summed E-state index contributed by atoms with van der Waals surface area (Å²) in [5, 5.41) is 39.2. The summed E-state index contributed by atoms with van der Waals surface area (Å²) in [7, 11) is 0. The van der Waals surface area contributed by atoms with Gasteiger partial charge in [0.2, 0.25) is 0 Å². The van der Waals surface area contributed by atoms with Gasteiger partial charge in [0, 0.05) is 6.42 Å². The largest absolute Gasteiger partial charge is 0.393 e. The molecule has 1 atom stereocenters. The Labute approximate surface area is 185 Å². The second-order valence-corrected chi connectivity index (χ2v) is 8.56. The summed E-state index contributed by atoms with van der Waals surface area (Å²) in [4.78, 5) is 0. The van der Waals surface area contributed by atoms with Crippen molar-refractivity contribution in [1.29, 1.82) is 0 Å². The zero-order chi connectivity index (χ0) is 21.1. The van der Waals surface area contributed by atoms with Crippen LogP contribution in [0.1, 0.15) is 122 Å². The predicted molar refractivity (Wildman–Crippen MR) is 124 cm³/mol. The minimum Gasteiger partial charge on any atom is -0.393 e. The zero-order valence-electron chi connectivity index (χ0n) is 18.9. The van der Waals surface area contributed by atoms with E-state index in [1.54, 1.807) is 6.92 Å². The molecule has 6 heteroatoms. The molecule has 0 saturated carbocycles. The van der Waals surface area contributed by atoms with Crippen molar-refractivity contribution in [2.24, 2.45) is 5.73 Å². The Kier molecular flexibility index (Phi) is 21.6. The maximum Gasteiger partial charge on any atom is 0.194 e. The normalized spacial score (nSPS) is 13.9. The highest BCUT2D eigenvalue weighted by Crippen LogP contribution is 2.28. The molecule has 0 aliphatic rings. The Balaban J connectivity index is 0. The van der Waals surface area contributed by atoms with Gasteiger partial charge in [-0.25, -0.2) is 0 Å². The van der Waals surface area contributed by atoms with Crippen LogP contribution in [0, 0.1) is 0 Å². The number of halogens is 1. The van der Waals surface area contributed by atoms with Gasteiger partial charge in [-0.3, -0.25) is 0 Å². The second-order valence-electron chi connectivity index (χ2n) is 8.56. The third kappa shape index (κ3) is 15.5. The van der Waals surface area contributed by atoms with E-state index in [2.05, 4.69) is 0 Å². The molecule has 6 N–H and O–H groups in total. The average molecular weight is 440 g/mol. The van der Waals surface area contributed by atoms with E-state index in [1.165, 1.54) is 83.5 Å². The molecule has 178 valence electrons. The summed E-state index contributed by atoms with van der Waals surface area (Å²) in [5.74, 6) is -2.21. The molecule has 1 unspecified atom stereocenters. The molecule has 5 nitrogen and oxygen atoms in total. The van der Waals surface area contributed by atoms with Gasteiger partial charge in [0.25, 0.3) is 0 Å². The number of nitrogens with two attached hydrogens (primary N) is 1. The third-order valence-electron chi connectivity index (χ3n) is 6.07. The van der Waals surface area contributed by atoms with Crippen LogP contribution in [-0.4, -0.2) is 45.0 Å². The molecule has 0 aliphatic carbocycles. The topological polar surface area (TPSA) is 107 Å². The number of hydrogen-bond acceptors (Lipinski definition) is 5. The van der Waals surface area contributed by atoms with Gasteiger partial charge in [-0.2, -0.15) is 0 Å². The van der Waals surface area contributed by atoms with E-state index in [1.807, 2.05) is 0 Å². The van der Waals surface area contributed by atoms with E-state index >= 15 is 0 Å². The highest BCUT2D eigenvalue weighted by Gasteiger charge is 2.45. The van der Waals surface area contributed by atoms with E-state index in [0.29, 0.717) is 6.42 Å². The highest BCUT2D eigenvalue weighted by molar-refractivity contribution is 5.85. The summed E-state index contributed by atoms with van der Waals surface area (Å²) in [6, 6.07) is 0. The highest BCUT2D eigenvalue weighted by atomic mass is 35.5. The molecule has 0 saturated heterocycles. The van der Waals surface area contributed by atoms with Crippen molar-refractivity contribution >= 4 is 12.4 Å². The fourth-order valence-corrected chi connectivity index (χ4v) is 3.74. The van der Waals surface area contributed by atoms with Crippen molar-refractivity contribution in [1.82, 2.24) is 0 Å². The summed E-state index contributed by atoms with van der Waals surface area (Å²) >= 11 is 0. The first-order chi connectivity index (χ1) is 13.4. The van der Waals surface area contributed by atoms with Crippen LogP contribution in [0.15, 0.2) is 0 Å². The third-order valence-corrected chi connectivity index (χ3v) is 6.07. The summed E-state index contributed by atoms with van der Waals surface area (Å²) in [5.41, 5.74) is 3.67. The molecule has 0 rings (SSSR count). The molecular weight excluding hydrogens is 390 g/mol. The van der Waals surface area contributed by atoms with E-state index in [4.69, 9.17) is 5.73 Å². The van der Waals surface area contributed by atoms with E-state index in [0.717, 1.165) is 19.4 Å². The lowest BCUT2D eigenvalue weighted by atomic mass is 9.87. The van der Waals surface area contributed by atoms with Crippen LogP contribution in [0.3, 0.4) is 0 Å². The van der Waals surface area contributed by atoms with Gasteiger partial charge in [-0.1, -0.05) is 96.8 Å². The van der Waals surface area contributed by atoms with Crippen LogP contribution >= 0.6 is 12.4 Å². The molecular formula is C23H50ClNO4. The molecule has 0 heterocycles. The van der Waals surface area contributed by atoms with Crippen LogP contribution in [0.4, 0.5) is 0 Å². The van der Waals surface area contributed by atoms with E-state index < -0.39 is 18.0 Å². The van der Waals surface area contributed by atoms with Crippen molar-refractivity contribution in [2.75, 3.05) is 13.2 Å². The summed E-state index contributed by atoms with van der Waals surface area (Å²) < 4.78 is 0. The first-order valence-electron chi connectivity index (χ1n) is 11.9. The van der Waals surface area contributed by atoms with Crippen LogP contribution in [0.5, 0.6) is 0 Å². The first-order valence-corrected chi connectivity index (χ1v) is 11.9. The number of hydrogen-bond donors (Lipinski definition) is 5. The second kappa shape index (κ2) is 20.0. The number of aliphatic hydroxyl groups excluding tert-OH is 1. The van der Waals surface area contributed by atoms with Gasteiger partial charge in [-0.05, 0) is 25.8 Å². The van der Waals surface area contributed by atoms with Gasteiger partial charge >= 0.3 is 0 Å². The molecule has 0 aromatic heterocycles. The fourth-order valence-electron chi connectivity index (χ4n) is 3.74. The lowest BCUT2D eigenvalue weighted by molar-refractivity contribution is -0.288. The van der Waals surface area contributed by atoms with Crippen molar-refractivity contribution in [3.05, 3.63) is 0 Å². The standard InChI is InChI=1S/C23H49NO4.ClH/c1-2-22(26,21-25)23(27,28)19-17-15-13-11-9-7-5-3-4-6-8-10-12-14-16-18-20-24;/h25-28H,2-21,24H2,1H3;1H. The summed E-state index contributed by atoms with van der Waals surface area (Å²) in [6.45, 7) is 1.84. The van der Waals surface area contributed by atoms with Gasteiger partial charge in [0.15, 0.2) is 5.79 Å². The minimum absolute atomic E-state index is 0. The van der Waals surface area contributed by atoms with Crippen LogP contribution in [0.25, 0.3) is 0 Å². The van der Waals surface area contributed by atoms with E-state index in [-0.39, 0.29) is 25.2 Å². The van der Waals surface area contributed by atoms with Crippen LogP contribution in [-0.2, 0) is 0 Å². The summed E-state index contributed by atoms with van der Waals surface area (Å²) in [6.07, 6.45) is 20.0. The molecule has 0 bridgehead atoms. The molecule has 29 heavy (non-hydrogen) atoms. The zero-order valence-corrected chi connectivity index (χ0v) is 19.7. The Morgan fingerprint density at radius 1 is 0.586 bits per heavy atom. The molecule has 0 radical (unpaired) electrons. The monoisotopic (exact) mass is 439 g/mol. The Hall–Kier alpha value is 0.0900. The van der Waals surface area contributed by atoms with Crippen molar-refractivity contribution in [3.63, 3.8) is 0 Å². The Bertz CT molecular complexity index is 339. The van der Waals surface area contributed by atoms with Gasteiger partial charge in [0.05, 0.1) is 6.61 Å². The predicted octanol–water partition coefficient (Wildman–Crippen LogP) is 4.81. The number of aliphatic hydroxyl groups is 4. The molecule has 0 aromatic carbocycles. The average Bonchev–Trinajstić information content (AvgIpc) is 2.69. The molecule has 0 spiro atoms. The quantitative estimate of drug-likeness (QED) is 0.130. The fraction of sp³-hybridized carbons (Fsp3) is 1.00. The smallest absolute Gasteiger partial charge is 0.194 e. The molecule has 0 aromatic rings. The number of rotatable bonds is 21. The number of unbranched alkanes of at least 4 members (excludes halogenated alkanes) is 15. The van der Waals surface area contributed by atoms with Gasteiger partial charge in [0.1, 0.15) is 5.60 Å². The Morgan fingerprint density at radius 3 is 1.17 bits per heavy atom. The van der Waals surface area contributed by atoms with Crippen molar-refractivity contribution in [2.45, 2.75) is 134 Å². The van der Waals surface area contributed by atoms with Crippen molar-refractivity contribution < 1.29 is 20.4 Å². The Morgan fingerprint density at radius 2 is 0.897 bits per heavy atom. The maximum absolute atomic E-state index is 10.0. The lowest BCUT2D eigenvalue weighted by Gasteiger charge is -2.37. The molecule has 0 fully saturated rings. The first kappa shape index (κ1) is 31.3.